The van der Waals surface area contributed by atoms with Gasteiger partial charge in [0.2, 0.25) is 0 Å². The molecule has 1 N–H and O–H groups in total. The van der Waals surface area contributed by atoms with Crippen molar-refractivity contribution in [2.45, 2.75) is 31.2 Å². The molecule has 1 aromatic rings. The molecule has 0 saturated carbocycles. The van der Waals surface area contributed by atoms with Crippen LogP contribution in [0, 0.1) is 6.92 Å². The summed E-state index contributed by atoms with van der Waals surface area (Å²) in [6, 6.07) is 9.08. The third-order valence-electron chi connectivity index (χ3n) is 2.49. The van der Waals surface area contributed by atoms with Crippen LogP contribution in [0.4, 0.5) is 0 Å². The highest BCUT2D eigenvalue weighted by Gasteiger charge is 2.07. The minimum Gasteiger partial charge on any atom is -0.383 e. The van der Waals surface area contributed by atoms with Gasteiger partial charge in [-0.25, -0.2) is 0 Å². The van der Waals surface area contributed by atoms with Crippen LogP contribution in [0.5, 0.6) is 0 Å². The topological polar surface area (TPSA) is 21.3 Å². The smallest absolute Gasteiger partial charge is 0.0624 e. The lowest BCUT2D eigenvalue weighted by Crippen LogP contribution is -2.35. The molecular formula is C14H23NOS. The van der Waals surface area contributed by atoms with E-state index in [1.165, 1.54) is 10.5 Å². The fourth-order valence-corrected chi connectivity index (χ4v) is 2.67. The van der Waals surface area contributed by atoms with E-state index in [1.54, 1.807) is 7.11 Å². The molecule has 3 heteroatoms. The van der Waals surface area contributed by atoms with Crippen LogP contribution in [0.1, 0.15) is 18.9 Å². The summed E-state index contributed by atoms with van der Waals surface area (Å²) in [5.74, 6) is 1.05. The summed E-state index contributed by atoms with van der Waals surface area (Å²) < 4.78 is 5.24. The second kappa shape index (κ2) is 8.56. The number of hydrogen-bond donors (Lipinski definition) is 1. The first-order valence-corrected chi connectivity index (χ1v) is 7.16. The summed E-state index contributed by atoms with van der Waals surface area (Å²) in [5.41, 5.74) is 1.32. The molecule has 0 amide bonds. The van der Waals surface area contributed by atoms with Crippen LogP contribution in [0.25, 0.3) is 0 Å². The maximum atomic E-state index is 5.24. The lowest BCUT2D eigenvalue weighted by molar-refractivity contribution is 0.174. The van der Waals surface area contributed by atoms with E-state index < -0.39 is 0 Å². The van der Waals surface area contributed by atoms with Crippen LogP contribution in [-0.2, 0) is 4.74 Å². The highest BCUT2D eigenvalue weighted by molar-refractivity contribution is 7.99. The average molecular weight is 253 g/mol. The van der Waals surface area contributed by atoms with Gasteiger partial charge in [0.25, 0.3) is 0 Å². The molecule has 0 aliphatic carbocycles. The Balaban J connectivity index is 2.39. The molecule has 96 valence electrons. The fourth-order valence-electron chi connectivity index (χ4n) is 1.62. The predicted molar refractivity (Wildman–Crippen MR) is 75.9 cm³/mol. The molecule has 0 saturated heterocycles. The first-order valence-electron chi connectivity index (χ1n) is 6.18. The highest BCUT2D eigenvalue weighted by Crippen LogP contribution is 2.19. The van der Waals surface area contributed by atoms with Crippen LogP contribution in [0.2, 0.25) is 0 Å². The second-order valence-corrected chi connectivity index (χ2v) is 5.33. The third kappa shape index (κ3) is 6.10. The number of ether oxygens (including phenoxy) is 1. The molecule has 0 fully saturated rings. The zero-order valence-corrected chi connectivity index (χ0v) is 11.8. The monoisotopic (exact) mass is 253 g/mol. The fraction of sp³-hybridized carbons (Fsp3) is 0.571. The van der Waals surface area contributed by atoms with Crippen molar-refractivity contribution in [3.8, 4) is 0 Å². The zero-order chi connectivity index (χ0) is 12.5. The summed E-state index contributed by atoms with van der Waals surface area (Å²) in [6.07, 6.45) is 1.16. The van der Waals surface area contributed by atoms with Gasteiger partial charge in [0.15, 0.2) is 0 Å². The van der Waals surface area contributed by atoms with Crippen molar-refractivity contribution in [1.82, 2.24) is 5.32 Å². The SMILES string of the molecule is CCCNC(COC)CSc1cccc(C)c1. The molecule has 0 aliphatic heterocycles. The maximum absolute atomic E-state index is 5.24. The van der Waals surface area contributed by atoms with E-state index in [2.05, 4.69) is 43.4 Å². The average Bonchev–Trinajstić information content (AvgIpc) is 2.33. The van der Waals surface area contributed by atoms with Crippen molar-refractivity contribution < 1.29 is 4.74 Å². The van der Waals surface area contributed by atoms with E-state index in [0.717, 1.165) is 25.3 Å². The van der Waals surface area contributed by atoms with Crippen LogP contribution in [-0.4, -0.2) is 32.1 Å². The molecular weight excluding hydrogens is 230 g/mol. The van der Waals surface area contributed by atoms with Crippen molar-refractivity contribution in [3.63, 3.8) is 0 Å². The summed E-state index contributed by atoms with van der Waals surface area (Å²) in [6.45, 7) is 6.15. The van der Waals surface area contributed by atoms with Crippen molar-refractivity contribution in [2.24, 2.45) is 0 Å². The number of thioether (sulfide) groups is 1. The molecule has 1 atom stereocenters. The van der Waals surface area contributed by atoms with Gasteiger partial charge in [-0.15, -0.1) is 11.8 Å². The van der Waals surface area contributed by atoms with Gasteiger partial charge < -0.3 is 10.1 Å². The van der Waals surface area contributed by atoms with Crippen molar-refractivity contribution >= 4 is 11.8 Å². The Morgan fingerprint density at radius 3 is 2.88 bits per heavy atom. The van der Waals surface area contributed by atoms with Crippen LogP contribution < -0.4 is 5.32 Å². The Bertz CT molecular complexity index is 317. The van der Waals surface area contributed by atoms with Gasteiger partial charge in [0.05, 0.1) is 6.61 Å². The van der Waals surface area contributed by atoms with E-state index in [4.69, 9.17) is 4.74 Å². The zero-order valence-electron chi connectivity index (χ0n) is 11.0. The number of rotatable bonds is 8. The van der Waals surface area contributed by atoms with Gasteiger partial charge in [-0.05, 0) is 32.0 Å². The Labute approximate surface area is 109 Å². The van der Waals surface area contributed by atoms with Gasteiger partial charge in [-0.2, -0.15) is 0 Å². The molecule has 0 bridgehead atoms. The molecule has 1 aromatic carbocycles. The number of nitrogens with one attached hydrogen (secondary N) is 1. The van der Waals surface area contributed by atoms with Crippen LogP contribution in [0.15, 0.2) is 29.2 Å². The van der Waals surface area contributed by atoms with Gasteiger partial charge in [-0.1, -0.05) is 24.6 Å². The number of aryl methyl sites for hydroxylation is 1. The number of benzene rings is 1. The van der Waals surface area contributed by atoms with Gasteiger partial charge in [0, 0.05) is 23.8 Å². The Morgan fingerprint density at radius 1 is 1.41 bits per heavy atom. The summed E-state index contributed by atoms with van der Waals surface area (Å²) in [4.78, 5) is 1.34. The summed E-state index contributed by atoms with van der Waals surface area (Å²) in [5, 5.41) is 3.51. The molecule has 1 rings (SSSR count). The quantitative estimate of drug-likeness (QED) is 0.719. The summed E-state index contributed by atoms with van der Waals surface area (Å²) >= 11 is 1.89. The summed E-state index contributed by atoms with van der Waals surface area (Å²) in [7, 11) is 1.76. The first kappa shape index (κ1) is 14.6. The van der Waals surface area contributed by atoms with E-state index >= 15 is 0 Å². The second-order valence-electron chi connectivity index (χ2n) is 4.23. The van der Waals surface area contributed by atoms with Crippen molar-refractivity contribution in [1.29, 1.82) is 0 Å². The maximum Gasteiger partial charge on any atom is 0.0624 e. The van der Waals surface area contributed by atoms with E-state index in [9.17, 15) is 0 Å². The van der Waals surface area contributed by atoms with Gasteiger partial charge in [0.1, 0.15) is 0 Å². The molecule has 0 spiro atoms. The van der Waals surface area contributed by atoms with E-state index in [1.807, 2.05) is 11.8 Å². The lowest BCUT2D eigenvalue weighted by atomic mass is 10.2. The molecule has 0 radical (unpaired) electrons. The Hall–Kier alpha value is -0.510. The molecule has 17 heavy (non-hydrogen) atoms. The molecule has 0 aromatic heterocycles. The minimum absolute atomic E-state index is 0.436. The van der Waals surface area contributed by atoms with E-state index in [-0.39, 0.29) is 0 Å². The molecule has 1 unspecified atom stereocenters. The van der Waals surface area contributed by atoms with Gasteiger partial charge in [-0.3, -0.25) is 0 Å². The third-order valence-corrected chi connectivity index (χ3v) is 3.65. The largest absolute Gasteiger partial charge is 0.383 e. The van der Waals surface area contributed by atoms with Gasteiger partial charge >= 0.3 is 0 Å². The number of methoxy groups -OCH3 is 1. The molecule has 0 aliphatic rings. The predicted octanol–water partition coefficient (Wildman–Crippen LogP) is 3.10. The minimum atomic E-state index is 0.436. The van der Waals surface area contributed by atoms with Crippen molar-refractivity contribution in [3.05, 3.63) is 29.8 Å². The first-order chi connectivity index (χ1) is 8.26. The highest BCUT2D eigenvalue weighted by atomic mass is 32.2. The Kier molecular flexibility index (Phi) is 7.33. The lowest BCUT2D eigenvalue weighted by Gasteiger charge is -2.17. The molecule has 0 heterocycles. The van der Waals surface area contributed by atoms with Crippen LogP contribution >= 0.6 is 11.8 Å². The standard InChI is InChI=1S/C14H23NOS/c1-4-8-15-13(10-16-3)11-17-14-7-5-6-12(2)9-14/h5-7,9,13,15H,4,8,10-11H2,1-3H3. The van der Waals surface area contributed by atoms with E-state index in [0.29, 0.717) is 6.04 Å². The Morgan fingerprint density at radius 2 is 2.24 bits per heavy atom. The van der Waals surface area contributed by atoms with Crippen LogP contribution in [0.3, 0.4) is 0 Å². The van der Waals surface area contributed by atoms with Crippen molar-refractivity contribution in [2.75, 3.05) is 26.0 Å². The number of hydrogen-bond acceptors (Lipinski definition) is 3. The normalized spacial score (nSPS) is 12.6. The molecule has 2 nitrogen and oxygen atoms in total.